The number of aliphatic hydroxyl groups excluding tert-OH is 2. The van der Waals surface area contributed by atoms with Crippen LogP contribution in [0.5, 0.6) is 0 Å². The van der Waals surface area contributed by atoms with Crippen LogP contribution in [0.25, 0.3) is 0 Å². The minimum atomic E-state index is -0.740. The Kier molecular flexibility index (Phi) is 6.63. The Morgan fingerprint density at radius 2 is 1.94 bits per heavy atom. The average molecular weight is 260 g/mol. The van der Waals surface area contributed by atoms with Crippen molar-refractivity contribution in [2.24, 2.45) is 0 Å². The monoisotopic (exact) mass is 260 g/mol. The minimum Gasteiger partial charge on any atom is -0.395 e. The van der Waals surface area contributed by atoms with Gasteiger partial charge < -0.3 is 25.2 Å². The molecular weight excluding hydrogens is 240 g/mol. The number of hydrogen-bond acceptors (Lipinski definition) is 5. The third-order valence-corrected chi connectivity index (χ3v) is 2.74. The van der Waals surface area contributed by atoms with E-state index in [1.54, 1.807) is 0 Å². The van der Waals surface area contributed by atoms with Crippen LogP contribution >= 0.6 is 0 Å². The summed E-state index contributed by atoms with van der Waals surface area (Å²) in [6.45, 7) is 0.585. The van der Waals surface area contributed by atoms with Crippen LogP contribution in [0.4, 0.5) is 0 Å². The van der Waals surface area contributed by atoms with E-state index in [0.717, 1.165) is 17.7 Å². The zero-order valence-corrected chi connectivity index (χ0v) is 10.3. The van der Waals surface area contributed by atoms with Gasteiger partial charge in [0.15, 0.2) is 0 Å². The van der Waals surface area contributed by atoms with Crippen molar-refractivity contribution in [2.75, 3.05) is 39.5 Å². The fourth-order valence-corrected chi connectivity index (χ4v) is 1.79. The zero-order chi connectivity index (χ0) is 13.4. The number of nitrogens with zero attached hydrogens (tertiary/aromatic N) is 1. The Hall–Kier alpha value is -1.18. The van der Waals surface area contributed by atoms with Crippen LogP contribution in [0.2, 0.25) is 0 Å². The molecule has 0 aromatic heterocycles. The molecule has 0 saturated carbocycles. The highest BCUT2D eigenvalue weighted by Gasteiger charge is 2.23. The van der Waals surface area contributed by atoms with Crippen molar-refractivity contribution in [2.45, 2.75) is 18.9 Å². The van der Waals surface area contributed by atoms with Gasteiger partial charge in [-0.2, -0.15) is 0 Å². The molecule has 1 unspecified atom stereocenters. The summed E-state index contributed by atoms with van der Waals surface area (Å²) in [5.41, 5.74) is 0. The summed E-state index contributed by atoms with van der Waals surface area (Å²) in [4.78, 5) is 24.4. The maximum Gasteiger partial charge on any atom is 0.312 e. The second kappa shape index (κ2) is 8.02. The lowest BCUT2D eigenvalue weighted by Gasteiger charge is -2.20. The van der Waals surface area contributed by atoms with E-state index >= 15 is 0 Å². The first-order valence-corrected chi connectivity index (χ1v) is 6.09. The lowest BCUT2D eigenvalue weighted by Crippen LogP contribution is -2.46. The first-order valence-electron chi connectivity index (χ1n) is 6.09. The number of ether oxygens (including phenoxy) is 1. The van der Waals surface area contributed by atoms with Gasteiger partial charge in [0.1, 0.15) is 0 Å². The average Bonchev–Trinajstić information content (AvgIpc) is 2.88. The second-order valence-corrected chi connectivity index (χ2v) is 4.08. The largest absolute Gasteiger partial charge is 0.395 e. The predicted molar refractivity (Wildman–Crippen MR) is 62.7 cm³/mol. The number of carbonyl (C=O) groups is 2. The van der Waals surface area contributed by atoms with Gasteiger partial charge in [0.25, 0.3) is 0 Å². The summed E-state index contributed by atoms with van der Waals surface area (Å²) in [7, 11) is 0. The molecule has 18 heavy (non-hydrogen) atoms. The molecule has 7 heteroatoms. The summed E-state index contributed by atoms with van der Waals surface area (Å²) < 4.78 is 5.32. The molecule has 1 aliphatic rings. The third-order valence-electron chi connectivity index (χ3n) is 2.74. The number of rotatable bonds is 6. The fraction of sp³-hybridized carbons (Fsp3) is 0.818. The zero-order valence-electron chi connectivity index (χ0n) is 10.3. The lowest BCUT2D eigenvalue weighted by atomic mass is 10.2. The molecule has 0 aliphatic carbocycles. The molecule has 1 aliphatic heterocycles. The van der Waals surface area contributed by atoms with Gasteiger partial charge in [-0.05, 0) is 12.8 Å². The van der Waals surface area contributed by atoms with Crippen LogP contribution in [-0.4, -0.2) is 72.5 Å². The molecule has 1 atom stereocenters. The standard InChI is InChI=1S/C11H20N2O5/c14-5-3-13(4-6-15)11(17)10(16)12-8-9-2-1-7-18-9/h9,14-15H,1-8H2,(H,12,16). The highest BCUT2D eigenvalue weighted by Crippen LogP contribution is 2.10. The van der Waals surface area contributed by atoms with Crippen molar-refractivity contribution >= 4 is 11.8 Å². The van der Waals surface area contributed by atoms with E-state index in [0.29, 0.717) is 13.2 Å². The number of carbonyl (C=O) groups excluding carboxylic acids is 2. The van der Waals surface area contributed by atoms with Gasteiger partial charge in [-0.1, -0.05) is 0 Å². The van der Waals surface area contributed by atoms with Crippen LogP contribution in [0.3, 0.4) is 0 Å². The Bertz CT molecular complexity index is 273. The summed E-state index contributed by atoms with van der Waals surface area (Å²) in [5.74, 6) is -1.47. The first kappa shape index (κ1) is 14.9. The minimum absolute atomic E-state index is 0.0223. The van der Waals surface area contributed by atoms with Gasteiger partial charge in [-0.3, -0.25) is 9.59 Å². The van der Waals surface area contributed by atoms with Gasteiger partial charge in [0.05, 0.1) is 19.3 Å². The molecule has 0 spiro atoms. The van der Waals surface area contributed by atoms with E-state index < -0.39 is 11.8 Å². The van der Waals surface area contributed by atoms with Crippen LogP contribution in [0.1, 0.15) is 12.8 Å². The molecule has 7 nitrogen and oxygen atoms in total. The van der Waals surface area contributed by atoms with Crippen molar-refractivity contribution in [3.8, 4) is 0 Å². The molecule has 0 radical (unpaired) electrons. The van der Waals surface area contributed by atoms with Crippen molar-refractivity contribution in [1.82, 2.24) is 10.2 Å². The fourth-order valence-electron chi connectivity index (χ4n) is 1.79. The summed E-state index contributed by atoms with van der Waals surface area (Å²) >= 11 is 0. The van der Waals surface area contributed by atoms with Gasteiger partial charge in [0, 0.05) is 26.2 Å². The summed E-state index contributed by atoms with van der Waals surface area (Å²) in [6, 6.07) is 0. The highest BCUT2D eigenvalue weighted by molar-refractivity contribution is 6.35. The third kappa shape index (κ3) is 4.59. The summed E-state index contributed by atoms with van der Waals surface area (Å²) in [6.07, 6.45) is 1.83. The van der Waals surface area contributed by atoms with Gasteiger partial charge >= 0.3 is 11.8 Å². The normalized spacial score (nSPS) is 18.7. The highest BCUT2D eigenvalue weighted by atomic mass is 16.5. The van der Waals surface area contributed by atoms with E-state index in [4.69, 9.17) is 14.9 Å². The van der Waals surface area contributed by atoms with E-state index in [1.807, 2.05) is 0 Å². The number of hydrogen-bond donors (Lipinski definition) is 3. The summed E-state index contributed by atoms with van der Waals surface area (Å²) in [5, 5.41) is 20.0. The second-order valence-electron chi connectivity index (χ2n) is 4.08. The Morgan fingerprint density at radius 1 is 1.28 bits per heavy atom. The smallest absolute Gasteiger partial charge is 0.312 e. The van der Waals surface area contributed by atoms with E-state index in [-0.39, 0.29) is 32.4 Å². The number of aliphatic hydroxyl groups is 2. The SMILES string of the molecule is O=C(NCC1CCCO1)C(=O)N(CCO)CCO. The molecule has 3 N–H and O–H groups in total. The quantitative estimate of drug-likeness (QED) is 0.484. The van der Waals surface area contributed by atoms with Crippen LogP contribution < -0.4 is 5.32 Å². The molecule has 1 heterocycles. The van der Waals surface area contributed by atoms with Crippen LogP contribution in [0.15, 0.2) is 0 Å². The van der Waals surface area contributed by atoms with E-state index in [9.17, 15) is 9.59 Å². The molecule has 2 amide bonds. The predicted octanol–water partition coefficient (Wildman–Crippen LogP) is -1.91. The maximum atomic E-state index is 11.7. The molecule has 0 aromatic rings. The van der Waals surface area contributed by atoms with Crippen molar-refractivity contribution in [1.29, 1.82) is 0 Å². The van der Waals surface area contributed by atoms with Crippen molar-refractivity contribution in [3.63, 3.8) is 0 Å². The Morgan fingerprint density at radius 3 is 2.44 bits per heavy atom. The molecular formula is C11H20N2O5. The van der Waals surface area contributed by atoms with Crippen LogP contribution in [-0.2, 0) is 14.3 Å². The van der Waals surface area contributed by atoms with Gasteiger partial charge in [-0.25, -0.2) is 0 Å². The van der Waals surface area contributed by atoms with E-state index in [2.05, 4.69) is 5.32 Å². The molecule has 0 bridgehead atoms. The van der Waals surface area contributed by atoms with Gasteiger partial charge in [0.2, 0.25) is 0 Å². The Labute approximate surface area is 106 Å². The molecule has 104 valence electrons. The molecule has 1 fully saturated rings. The topological polar surface area (TPSA) is 99.1 Å². The molecule has 0 aromatic carbocycles. The lowest BCUT2D eigenvalue weighted by molar-refractivity contribution is -0.146. The Balaban J connectivity index is 2.35. The molecule has 1 rings (SSSR count). The maximum absolute atomic E-state index is 11.7. The van der Waals surface area contributed by atoms with Crippen molar-refractivity contribution in [3.05, 3.63) is 0 Å². The van der Waals surface area contributed by atoms with Crippen LogP contribution in [0, 0.1) is 0 Å². The van der Waals surface area contributed by atoms with Crippen molar-refractivity contribution < 1.29 is 24.5 Å². The molecule has 1 saturated heterocycles. The van der Waals surface area contributed by atoms with E-state index in [1.165, 1.54) is 0 Å². The number of amides is 2. The van der Waals surface area contributed by atoms with Gasteiger partial charge in [-0.15, -0.1) is 0 Å². The number of nitrogens with one attached hydrogen (secondary N) is 1. The first-order chi connectivity index (χ1) is 8.69.